The van der Waals surface area contributed by atoms with E-state index in [1.807, 2.05) is 30.3 Å². The van der Waals surface area contributed by atoms with E-state index in [4.69, 9.17) is 32.9 Å². The monoisotopic (exact) mass is 619 g/mol. The van der Waals surface area contributed by atoms with Gasteiger partial charge in [-0.05, 0) is 44.5 Å². The van der Waals surface area contributed by atoms with Crippen LogP contribution in [0.15, 0.2) is 65.6 Å². The molecule has 4 aromatic rings. The number of ketones is 1. The fourth-order valence-electron chi connectivity index (χ4n) is 5.42. The second kappa shape index (κ2) is 13.1. The van der Waals surface area contributed by atoms with E-state index in [-0.39, 0.29) is 22.4 Å². The van der Waals surface area contributed by atoms with E-state index in [2.05, 4.69) is 15.3 Å². The Morgan fingerprint density at radius 1 is 1.00 bits per heavy atom. The number of nitrogens with one attached hydrogen (secondary N) is 1. The summed E-state index contributed by atoms with van der Waals surface area (Å²) in [6.45, 7) is 3.06. The number of Topliss-reactive ketones (excluding diaryl/α,β-unsaturated/α-hetero) is 1. The number of aromatic nitrogens is 3. The highest BCUT2D eigenvalue weighted by molar-refractivity contribution is 6.39. The molecular formula is C32H31Cl2N5O4. The molecule has 0 unspecified atom stereocenters. The van der Waals surface area contributed by atoms with Crippen LogP contribution in [-0.2, 0) is 18.4 Å². The van der Waals surface area contributed by atoms with Crippen molar-refractivity contribution in [3.05, 3.63) is 92.3 Å². The SMILES string of the molecule is COc1nc(-c2cccc(-c3cccc(NC(=O)c4ccnn(C)c4=O)c3Cl)c2Cl)ccc1CN1CCCC[C@H]1C(C)=O. The van der Waals surface area contributed by atoms with Crippen molar-refractivity contribution in [2.45, 2.75) is 38.8 Å². The van der Waals surface area contributed by atoms with Crippen LogP contribution in [0.3, 0.4) is 0 Å². The fraction of sp³-hybridized carbons (Fsp3) is 0.281. The molecule has 1 fully saturated rings. The predicted molar refractivity (Wildman–Crippen MR) is 168 cm³/mol. The number of piperidine rings is 1. The summed E-state index contributed by atoms with van der Waals surface area (Å²) in [6, 6.07) is 15.9. The predicted octanol–water partition coefficient (Wildman–Crippen LogP) is 6.02. The van der Waals surface area contributed by atoms with Gasteiger partial charge in [-0.1, -0.05) is 66.0 Å². The van der Waals surface area contributed by atoms with Crippen LogP contribution in [0.5, 0.6) is 5.88 Å². The van der Waals surface area contributed by atoms with Crippen LogP contribution in [-0.4, -0.2) is 51.1 Å². The number of aryl methyl sites for hydroxylation is 1. The molecule has 0 bridgehead atoms. The van der Waals surface area contributed by atoms with Gasteiger partial charge < -0.3 is 10.1 Å². The van der Waals surface area contributed by atoms with Crippen LogP contribution >= 0.6 is 23.2 Å². The molecule has 222 valence electrons. The summed E-state index contributed by atoms with van der Waals surface area (Å²) in [5.74, 6) is 0.0464. The molecule has 0 spiro atoms. The third-order valence-electron chi connectivity index (χ3n) is 7.65. The van der Waals surface area contributed by atoms with Crippen molar-refractivity contribution in [2.24, 2.45) is 7.05 Å². The molecule has 0 aliphatic carbocycles. The zero-order chi connectivity index (χ0) is 30.7. The van der Waals surface area contributed by atoms with Gasteiger partial charge in [0.2, 0.25) is 5.88 Å². The first kappa shape index (κ1) is 30.4. The molecule has 9 nitrogen and oxygen atoms in total. The number of anilines is 1. The van der Waals surface area contributed by atoms with Crippen molar-refractivity contribution in [3.8, 4) is 28.3 Å². The number of methoxy groups -OCH3 is 1. The number of pyridine rings is 1. The molecule has 11 heteroatoms. The van der Waals surface area contributed by atoms with Gasteiger partial charge in [-0.2, -0.15) is 5.10 Å². The highest BCUT2D eigenvalue weighted by Crippen LogP contribution is 2.41. The maximum Gasteiger partial charge on any atom is 0.279 e. The quantitative estimate of drug-likeness (QED) is 0.257. The smallest absolute Gasteiger partial charge is 0.279 e. The van der Waals surface area contributed by atoms with Gasteiger partial charge in [-0.3, -0.25) is 19.3 Å². The van der Waals surface area contributed by atoms with Crippen LogP contribution in [0.4, 0.5) is 5.69 Å². The number of carbonyl (C=O) groups excluding carboxylic acids is 2. The summed E-state index contributed by atoms with van der Waals surface area (Å²) in [7, 11) is 3.05. The lowest BCUT2D eigenvalue weighted by molar-refractivity contribution is -0.123. The Kier molecular flexibility index (Phi) is 9.25. The van der Waals surface area contributed by atoms with E-state index in [1.165, 1.54) is 19.3 Å². The van der Waals surface area contributed by atoms with Crippen molar-refractivity contribution in [1.82, 2.24) is 19.7 Å². The molecule has 1 aliphatic rings. The number of benzene rings is 2. The van der Waals surface area contributed by atoms with Gasteiger partial charge in [0.25, 0.3) is 11.5 Å². The van der Waals surface area contributed by atoms with Crippen molar-refractivity contribution in [1.29, 1.82) is 0 Å². The van der Waals surface area contributed by atoms with Crippen LogP contribution < -0.4 is 15.6 Å². The number of carbonyl (C=O) groups is 2. The number of ether oxygens (including phenoxy) is 1. The van der Waals surface area contributed by atoms with Crippen LogP contribution in [0.1, 0.15) is 42.1 Å². The fourth-order valence-corrected chi connectivity index (χ4v) is 6.02. The first-order valence-electron chi connectivity index (χ1n) is 13.9. The molecule has 0 saturated carbocycles. The highest BCUT2D eigenvalue weighted by Gasteiger charge is 2.27. The average molecular weight is 621 g/mol. The molecule has 1 amide bonds. The number of likely N-dealkylation sites (tertiary alicyclic amines) is 1. The summed E-state index contributed by atoms with van der Waals surface area (Å²) >= 11 is 13.7. The zero-order valence-corrected chi connectivity index (χ0v) is 25.6. The molecule has 5 rings (SSSR count). The normalized spacial score (nSPS) is 15.2. The summed E-state index contributed by atoms with van der Waals surface area (Å²) in [4.78, 5) is 44.4. The van der Waals surface area contributed by atoms with E-state index in [9.17, 15) is 14.4 Å². The minimum absolute atomic E-state index is 0.0560. The maximum absolute atomic E-state index is 12.9. The molecular weight excluding hydrogens is 589 g/mol. The largest absolute Gasteiger partial charge is 0.481 e. The molecule has 1 atom stereocenters. The van der Waals surface area contributed by atoms with Gasteiger partial charge in [-0.15, -0.1) is 0 Å². The Balaban J connectivity index is 1.44. The Labute approximate surface area is 259 Å². The third-order valence-corrected chi connectivity index (χ3v) is 8.46. The minimum Gasteiger partial charge on any atom is -0.481 e. The first-order valence-corrected chi connectivity index (χ1v) is 14.6. The standard InChI is InChI=1S/C32H31Cl2N5O4/c1-19(40)27-12-4-5-17-39(27)18-20-13-14-25(37-31(20)43-3)23-10-6-8-21(28(23)33)22-9-7-11-26(29(22)34)36-30(41)24-15-16-35-38(2)32(24)42/h6-11,13-16,27H,4-5,12,17-18H2,1-3H3,(H,36,41)/t27-/m0/s1. The number of halogens is 2. The van der Waals surface area contributed by atoms with Gasteiger partial charge in [0.1, 0.15) is 11.3 Å². The van der Waals surface area contributed by atoms with E-state index < -0.39 is 11.5 Å². The molecule has 43 heavy (non-hydrogen) atoms. The van der Waals surface area contributed by atoms with Crippen LogP contribution in [0, 0.1) is 0 Å². The molecule has 1 aliphatic heterocycles. The van der Waals surface area contributed by atoms with Crippen molar-refractivity contribution >= 4 is 40.6 Å². The summed E-state index contributed by atoms with van der Waals surface area (Å²) in [5, 5.41) is 7.27. The van der Waals surface area contributed by atoms with E-state index >= 15 is 0 Å². The molecule has 0 radical (unpaired) electrons. The van der Waals surface area contributed by atoms with Crippen LogP contribution in [0.25, 0.3) is 22.4 Å². The van der Waals surface area contributed by atoms with E-state index in [0.29, 0.717) is 45.5 Å². The molecule has 1 N–H and O–H groups in total. The number of nitrogens with zero attached hydrogens (tertiary/aromatic N) is 4. The highest BCUT2D eigenvalue weighted by atomic mass is 35.5. The lowest BCUT2D eigenvalue weighted by Crippen LogP contribution is -2.43. The molecule has 3 heterocycles. The zero-order valence-electron chi connectivity index (χ0n) is 24.1. The van der Waals surface area contributed by atoms with E-state index in [0.717, 1.165) is 36.1 Å². The Hall–Kier alpha value is -4.05. The second-order valence-electron chi connectivity index (χ2n) is 10.4. The number of amides is 1. The molecule has 1 saturated heterocycles. The lowest BCUT2D eigenvalue weighted by atomic mass is 9.98. The average Bonchev–Trinajstić information content (AvgIpc) is 3.00. The number of hydrogen-bond acceptors (Lipinski definition) is 7. The molecule has 2 aromatic heterocycles. The lowest BCUT2D eigenvalue weighted by Gasteiger charge is -2.34. The second-order valence-corrected chi connectivity index (χ2v) is 11.2. The summed E-state index contributed by atoms with van der Waals surface area (Å²) in [6.07, 6.45) is 4.34. The van der Waals surface area contributed by atoms with Crippen LogP contribution in [0.2, 0.25) is 10.0 Å². The van der Waals surface area contributed by atoms with Gasteiger partial charge in [0.15, 0.2) is 0 Å². The molecule has 2 aromatic carbocycles. The third kappa shape index (κ3) is 6.34. The van der Waals surface area contributed by atoms with Crippen molar-refractivity contribution in [3.63, 3.8) is 0 Å². The van der Waals surface area contributed by atoms with Gasteiger partial charge in [-0.25, -0.2) is 9.67 Å². The topological polar surface area (TPSA) is 106 Å². The Morgan fingerprint density at radius 2 is 1.72 bits per heavy atom. The van der Waals surface area contributed by atoms with Crippen molar-refractivity contribution in [2.75, 3.05) is 19.0 Å². The number of rotatable bonds is 8. The number of hydrogen-bond donors (Lipinski definition) is 1. The Bertz CT molecular complexity index is 1760. The van der Waals surface area contributed by atoms with E-state index in [1.54, 1.807) is 32.2 Å². The minimum atomic E-state index is -0.600. The van der Waals surface area contributed by atoms with Gasteiger partial charge >= 0.3 is 0 Å². The summed E-state index contributed by atoms with van der Waals surface area (Å²) in [5.41, 5.74) is 3.17. The Morgan fingerprint density at radius 3 is 2.47 bits per heavy atom. The van der Waals surface area contributed by atoms with Gasteiger partial charge in [0, 0.05) is 42.0 Å². The van der Waals surface area contributed by atoms with Gasteiger partial charge in [0.05, 0.1) is 34.6 Å². The van der Waals surface area contributed by atoms with Crippen molar-refractivity contribution < 1.29 is 14.3 Å². The summed E-state index contributed by atoms with van der Waals surface area (Å²) < 4.78 is 6.76. The maximum atomic E-state index is 12.9. The first-order chi connectivity index (χ1) is 20.7.